The average Bonchev–Trinajstić information content (AvgIpc) is 3.34. The van der Waals surface area contributed by atoms with Crippen LogP contribution in [0.2, 0.25) is 0 Å². The van der Waals surface area contributed by atoms with Gasteiger partial charge in [0.25, 0.3) is 11.5 Å². The highest BCUT2D eigenvalue weighted by atomic mass is 32.2. The standard InChI is InChI=1S/C25H22N4O4S/c30-24(26-16-10-11-34(32,33)13-16)18-12-15-8-9-17(14-4-3-5-14)21(22(15)29-25(18)31)23-27-19-6-1-2-7-20(19)28-23/h1-2,6-12,14,16H,3-5,13H2,(H,26,30)(H,27,28)(H,29,31)/t16-/m1/s1. The summed E-state index contributed by atoms with van der Waals surface area (Å²) in [6, 6.07) is 12.7. The number of para-hydroxylation sites is 2. The summed E-state index contributed by atoms with van der Waals surface area (Å²) in [5.41, 5.74) is 3.78. The van der Waals surface area contributed by atoms with E-state index in [-0.39, 0.29) is 11.3 Å². The first-order chi connectivity index (χ1) is 16.4. The highest BCUT2D eigenvalue weighted by molar-refractivity contribution is 7.94. The second kappa shape index (κ2) is 7.66. The minimum absolute atomic E-state index is 0.0582. The largest absolute Gasteiger partial charge is 0.345 e. The Morgan fingerprint density at radius 2 is 1.91 bits per heavy atom. The van der Waals surface area contributed by atoms with Crippen LogP contribution in [0.5, 0.6) is 0 Å². The van der Waals surface area contributed by atoms with Crippen LogP contribution in [0.15, 0.2) is 58.7 Å². The molecule has 1 atom stereocenters. The van der Waals surface area contributed by atoms with Gasteiger partial charge in [-0.05, 0) is 54.0 Å². The summed E-state index contributed by atoms with van der Waals surface area (Å²) in [4.78, 5) is 36.9. The minimum Gasteiger partial charge on any atom is -0.345 e. The van der Waals surface area contributed by atoms with Gasteiger partial charge >= 0.3 is 0 Å². The number of carbonyl (C=O) groups excluding carboxylic acids is 1. The molecular weight excluding hydrogens is 452 g/mol. The number of aromatic amines is 2. The fourth-order valence-electron chi connectivity index (χ4n) is 4.76. The zero-order valence-corrected chi connectivity index (χ0v) is 19.0. The lowest BCUT2D eigenvalue weighted by Gasteiger charge is -2.28. The van der Waals surface area contributed by atoms with Gasteiger partial charge in [-0.1, -0.05) is 30.7 Å². The van der Waals surface area contributed by atoms with Crippen LogP contribution in [0.3, 0.4) is 0 Å². The first-order valence-corrected chi connectivity index (χ1v) is 13.0. The van der Waals surface area contributed by atoms with Crippen molar-refractivity contribution in [2.45, 2.75) is 31.2 Å². The SMILES string of the molecule is O=C(N[C@@H]1C=CS(=O)(=O)C1)c1cc2ccc(C3CCC3)c(-c3nc4ccccc4[nH]3)c2[nH]c1=O. The summed E-state index contributed by atoms with van der Waals surface area (Å²) in [6.07, 6.45) is 4.76. The normalized spacial score (nSPS) is 19.5. The van der Waals surface area contributed by atoms with Crippen molar-refractivity contribution in [3.05, 3.63) is 75.4 Å². The molecule has 1 amide bonds. The van der Waals surface area contributed by atoms with Crippen molar-refractivity contribution >= 4 is 37.7 Å². The molecule has 6 rings (SSSR count). The van der Waals surface area contributed by atoms with Crippen molar-refractivity contribution in [2.24, 2.45) is 0 Å². The molecule has 3 heterocycles. The van der Waals surface area contributed by atoms with Gasteiger partial charge < -0.3 is 15.3 Å². The van der Waals surface area contributed by atoms with E-state index in [0.29, 0.717) is 22.6 Å². The molecule has 1 saturated carbocycles. The molecule has 3 N–H and O–H groups in total. The Morgan fingerprint density at radius 3 is 2.62 bits per heavy atom. The maximum absolute atomic E-state index is 13.0. The summed E-state index contributed by atoms with van der Waals surface area (Å²) < 4.78 is 23.3. The summed E-state index contributed by atoms with van der Waals surface area (Å²) in [7, 11) is -3.32. The summed E-state index contributed by atoms with van der Waals surface area (Å²) in [6.45, 7) is 0. The number of imidazole rings is 1. The summed E-state index contributed by atoms with van der Waals surface area (Å²) >= 11 is 0. The Bertz CT molecular complexity index is 1630. The third-order valence-electron chi connectivity index (χ3n) is 6.72. The summed E-state index contributed by atoms with van der Waals surface area (Å²) in [5, 5.41) is 4.42. The van der Waals surface area contributed by atoms with Crippen LogP contribution in [0.1, 0.15) is 41.1 Å². The Hall–Kier alpha value is -3.72. The van der Waals surface area contributed by atoms with Gasteiger partial charge in [0, 0.05) is 11.0 Å². The molecule has 9 heteroatoms. The Morgan fingerprint density at radius 1 is 1.09 bits per heavy atom. The van der Waals surface area contributed by atoms with Crippen LogP contribution in [0, 0.1) is 0 Å². The van der Waals surface area contributed by atoms with Gasteiger partial charge in [-0.15, -0.1) is 0 Å². The zero-order chi connectivity index (χ0) is 23.4. The van der Waals surface area contributed by atoms with Crippen LogP contribution >= 0.6 is 0 Å². The van der Waals surface area contributed by atoms with E-state index in [4.69, 9.17) is 4.98 Å². The van der Waals surface area contributed by atoms with Gasteiger partial charge in [0.05, 0.1) is 28.3 Å². The lowest BCUT2D eigenvalue weighted by atomic mass is 9.77. The maximum atomic E-state index is 13.0. The predicted octanol–water partition coefficient (Wildman–Crippen LogP) is 3.38. The fourth-order valence-corrected chi connectivity index (χ4v) is 5.99. The molecule has 0 bridgehead atoms. The molecule has 0 radical (unpaired) electrons. The monoisotopic (exact) mass is 474 g/mol. The number of carbonyl (C=O) groups is 1. The Balaban J connectivity index is 1.46. The van der Waals surface area contributed by atoms with Crippen molar-refractivity contribution < 1.29 is 13.2 Å². The minimum atomic E-state index is -3.32. The zero-order valence-electron chi connectivity index (χ0n) is 18.2. The average molecular weight is 475 g/mol. The number of amides is 1. The number of H-pyrrole nitrogens is 2. The molecule has 1 aliphatic heterocycles. The first kappa shape index (κ1) is 20.9. The highest BCUT2D eigenvalue weighted by Gasteiger charge is 2.27. The maximum Gasteiger partial charge on any atom is 0.261 e. The van der Waals surface area contributed by atoms with Crippen molar-refractivity contribution in [3.63, 3.8) is 0 Å². The molecule has 2 aliphatic rings. The van der Waals surface area contributed by atoms with Gasteiger partial charge in [0.1, 0.15) is 11.4 Å². The molecule has 8 nitrogen and oxygen atoms in total. The number of fused-ring (bicyclic) bond motifs is 2. The van der Waals surface area contributed by atoms with E-state index in [2.05, 4.69) is 21.4 Å². The van der Waals surface area contributed by atoms with Crippen LogP contribution in [-0.4, -0.2) is 41.1 Å². The van der Waals surface area contributed by atoms with Gasteiger partial charge in [-0.2, -0.15) is 0 Å². The van der Waals surface area contributed by atoms with Crippen molar-refractivity contribution in [1.29, 1.82) is 0 Å². The molecule has 172 valence electrons. The lowest BCUT2D eigenvalue weighted by Crippen LogP contribution is -2.38. The molecule has 1 fully saturated rings. The number of nitrogens with one attached hydrogen (secondary N) is 3. The number of pyridine rings is 1. The number of rotatable bonds is 4. The van der Waals surface area contributed by atoms with E-state index in [1.807, 2.05) is 30.3 Å². The number of aromatic nitrogens is 3. The molecule has 2 aromatic heterocycles. The van der Waals surface area contributed by atoms with Gasteiger partial charge in [-0.25, -0.2) is 13.4 Å². The van der Waals surface area contributed by atoms with E-state index in [1.165, 1.54) is 12.5 Å². The lowest BCUT2D eigenvalue weighted by molar-refractivity contribution is 0.0946. The van der Waals surface area contributed by atoms with E-state index in [9.17, 15) is 18.0 Å². The third-order valence-corrected chi connectivity index (χ3v) is 8.11. The second-order valence-corrected chi connectivity index (χ2v) is 10.9. The molecule has 0 saturated heterocycles. The van der Waals surface area contributed by atoms with Crippen molar-refractivity contribution in [2.75, 3.05) is 5.75 Å². The van der Waals surface area contributed by atoms with Crippen molar-refractivity contribution in [3.8, 4) is 11.4 Å². The molecule has 4 aromatic rings. The smallest absolute Gasteiger partial charge is 0.261 e. The summed E-state index contributed by atoms with van der Waals surface area (Å²) in [5.74, 6) is 0.270. The number of benzene rings is 2. The van der Waals surface area contributed by atoms with Crippen LogP contribution < -0.4 is 10.9 Å². The topological polar surface area (TPSA) is 125 Å². The van der Waals surface area contributed by atoms with E-state index in [0.717, 1.165) is 40.4 Å². The molecular formula is C25H22N4O4S. The van der Waals surface area contributed by atoms with Gasteiger partial charge in [-0.3, -0.25) is 9.59 Å². The second-order valence-electron chi connectivity index (χ2n) is 8.97. The first-order valence-electron chi connectivity index (χ1n) is 11.2. The van der Waals surface area contributed by atoms with E-state index >= 15 is 0 Å². The number of nitrogens with zero attached hydrogens (tertiary/aromatic N) is 1. The molecule has 1 aliphatic carbocycles. The number of hydrogen-bond acceptors (Lipinski definition) is 5. The third kappa shape index (κ3) is 3.52. The van der Waals surface area contributed by atoms with E-state index < -0.39 is 27.3 Å². The quantitative estimate of drug-likeness (QED) is 0.418. The fraction of sp³-hybridized carbons (Fsp3) is 0.240. The molecule has 0 spiro atoms. The van der Waals surface area contributed by atoms with E-state index in [1.54, 1.807) is 6.07 Å². The Kier molecular flexibility index (Phi) is 4.70. The van der Waals surface area contributed by atoms with Crippen molar-refractivity contribution in [1.82, 2.24) is 20.3 Å². The highest BCUT2D eigenvalue weighted by Crippen LogP contribution is 2.43. The van der Waals surface area contributed by atoms with Gasteiger partial charge in [0.15, 0.2) is 9.84 Å². The van der Waals surface area contributed by atoms with Crippen LogP contribution in [0.4, 0.5) is 0 Å². The molecule has 0 unspecified atom stereocenters. The van der Waals surface area contributed by atoms with Crippen LogP contribution in [-0.2, 0) is 9.84 Å². The molecule has 2 aromatic carbocycles. The van der Waals surface area contributed by atoms with Gasteiger partial charge in [0.2, 0.25) is 0 Å². The van der Waals surface area contributed by atoms with Crippen LogP contribution in [0.25, 0.3) is 33.3 Å². The number of hydrogen-bond donors (Lipinski definition) is 3. The molecule has 34 heavy (non-hydrogen) atoms. The number of sulfone groups is 1. The predicted molar refractivity (Wildman–Crippen MR) is 130 cm³/mol. The Labute approximate surface area is 195 Å².